The Labute approximate surface area is 109 Å². The maximum Gasteiger partial charge on any atom is 0.250 e. The molecule has 3 heterocycles. The molecule has 2 aromatic heterocycles. The van der Waals surface area contributed by atoms with Gasteiger partial charge in [0.15, 0.2) is 5.75 Å². The van der Waals surface area contributed by atoms with E-state index in [2.05, 4.69) is 11.9 Å². The molecule has 0 fully saturated rings. The monoisotopic (exact) mass is 263 g/mol. The molecule has 0 unspecified atom stereocenters. The van der Waals surface area contributed by atoms with Gasteiger partial charge >= 0.3 is 0 Å². The lowest BCUT2D eigenvalue weighted by molar-refractivity contribution is 0.216. The Morgan fingerprint density at radius 3 is 3.11 bits per heavy atom. The molecule has 2 aromatic rings. The van der Waals surface area contributed by atoms with Gasteiger partial charge in [0.25, 0.3) is 5.56 Å². The Morgan fingerprint density at radius 2 is 2.33 bits per heavy atom. The van der Waals surface area contributed by atoms with Crippen LogP contribution in [-0.2, 0) is 13.5 Å². The second-order valence-corrected chi connectivity index (χ2v) is 4.81. The first-order chi connectivity index (χ1) is 8.58. The van der Waals surface area contributed by atoms with E-state index in [0.717, 1.165) is 23.9 Å². The van der Waals surface area contributed by atoms with Gasteiger partial charge in [-0.25, -0.2) is 4.98 Å². The third-order valence-electron chi connectivity index (χ3n) is 3.23. The number of fused-ring (bicyclic) bond motifs is 3. The summed E-state index contributed by atoms with van der Waals surface area (Å²) < 4.78 is 7.29. The molecule has 1 atom stereocenters. The zero-order valence-corrected chi connectivity index (χ0v) is 10.7. The first-order valence-electron chi connectivity index (χ1n) is 5.76. The van der Waals surface area contributed by atoms with Crippen LogP contribution in [0.2, 0.25) is 5.15 Å². The number of rotatable bonds is 0. The van der Waals surface area contributed by atoms with Gasteiger partial charge in [0.2, 0.25) is 0 Å². The van der Waals surface area contributed by atoms with E-state index in [-0.39, 0.29) is 11.7 Å². The predicted octanol–water partition coefficient (Wildman–Crippen LogP) is 2.11. The molecule has 0 aromatic carbocycles. The summed E-state index contributed by atoms with van der Waals surface area (Å²) in [6, 6.07) is 3.16. The number of aryl methyl sites for hydroxylation is 2. The minimum atomic E-state index is -0.112. The third-order valence-corrected chi connectivity index (χ3v) is 3.52. The normalized spacial score (nSPS) is 18.5. The molecule has 0 spiro atoms. The highest BCUT2D eigenvalue weighted by Crippen LogP contribution is 2.35. The Balaban J connectivity index is 2.45. The zero-order chi connectivity index (χ0) is 12.9. The van der Waals surface area contributed by atoms with Crippen LogP contribution in [0.3, 0.4) is 0 Å². The van der Waals surface area contributed by atoms with Crippen LogP contribution in [0.4, 0.5) is 0 Å². The van der Waals surface area contributed by atoms with Gasteiger partial charge in [-0.1, -0.05) is 11.6 Å². The third kappa shape index (κ3) is 1.60. The number of hydrogen-bond acceptors (Lipinski definition) is 3. The Kier molecular flexibility index (Phi) is 2.55. The lowest BCUT2D eigenvalue weighted by atomic mass is 10.1. The molecular formula is C13H12ClN2O2. The summed E-state index contributed by atoms with van der Waals surface area (Å²) in [6.07, 6.45) is 1.46. The molecule has 0 amide bonds. The van der Waals surface area contributed by atoms with Crippen molar-refractivity contribution in [1.29, 1.82) is 0 Å². The van der Waals surface area contributed by atoms with E-state index < -0.39 is 0 Å². The fourth-order valence-electron chi connectivity index (χ4n) is 2.26. The van der Waals surface area contributed by atoms with E-state index in [1.54, 1.807) is 17.7 Å². The summed E-state index contributed by atoms with van der Waals surface area (Å²) in [7, 11) is 1.71. The molecule has 3 rings (SSSR count). The number of aromatic nitrogens is 2. The van der Waals surface area contributed by atoms with E-state index in [0.29, 0.717) is 16.4 Å². The Morgan fingerprint density at radius 1 is 1.56 bits per heavy atom. The van der Waals surface area contributed by atoms with Crippen molar-refractivity contribution in [2.75, 3.05) is 0 Å². The van der Waals surface area contributed by atoms with Crippen LogP contribution in [-0.4, -0.2) is 15.7 Å². The number of pyridine rings is 2. The van der Waals surface area contributed by atoms with Crippen LogP contribution in [0.15, 0.2) is 16.9 Å². The van der Waals surface area contributed by atoms with E-state index >= 15 is 0 Å². The standard InChI is InChI=1S/C13H12ClN2O2/c1-7-3-5-9-12(18-7)11-8(13(14)15-9)4-6-10(17)16(11)2/h4,6-7H,1,3,5H2,2H3/t7-/m0/s1. The molecule has 0 saturated heterocycles. The summed E-state index contributed by atoms with van der Waals surface area (Å²) in [5.74, 6) is 0.640. The van der Waals surface area contributed by atoms with Crippen LogP contribution in [0, 0.1) is 6.92 Å². The smallest absolute Gasteiger partial charge is 0.250 e. The van der Waals surface area contributed by atoms with Gasteiger partial charge < -0.3 is 9.30 Å². The Bertz CT molecular complexity index is 693. The van der Waals surface area contributed by atoms with Crippen LogP contribution >= 0.6 is 11.6 Å². The van der Waals surface area contributed by atoms with Crippen molar-refractivity contribution in [1.82, 2.24) is 9.55 Å². The fourth-order valence-corrected chi connectivity index (χ4v) is 2.51. The quantitative estimate of drug-likeness (QED) is 0.684. The highest BCUT2D eigenvalue weighted by molar-refractivity contribution is 6.34. The van der Waals surface area contributed by atoms with Gasteiger partial charge in [0.1, 0.15) is 5.15 Å². The van der Waals surface area contributed by atoms with Gasteiger partial charge in [-0.15, -0.1) is 0 Å². The maximum atomic E-state index is 11.7. The summed E-state index contributed by atoms with van der Waals surface area (Å²) in [6.45, 7) is 3.91. The highest BCUT2D eigenvalue weighted by Gasteiger charge is 2.23. The molecule has 0 saturated carbocycles. The summed E-state index contributed by atoms with van der Waals surface area (Å²) in [5, 5.41) is 1.14. The number of nitrogens with zero attached hydrogens (tertiary/aromatic N) is 2. The zero-order valence-electron chi connectivity index (χ0n) is 9.94. The molecule has 1 aliphatic heterocycles. The van der Waals surface area contributed by atoms with Crippen molar-refractivity contribution in [3.05, 3.63) is 40.3 Å². The first kappa shape index (κ1) is 11.5. The molecule has 0 bridgehead atoms. The van der Waals surface area contributed by atoms with Crippen molar-refractivity contribution in [2.45, 2.75) is 18.9 Å². The van der Waals surface area contributed by atoms with E-state index in [1.165, 1.54) is 6.07 Å². The van der Waals surface area contributed by atoms with Gasteiger partial charge in [-0.3, -0.25) is 4.79 Å². The molecule has 18 heavy (non-hydrogen) atoms. The minimum absolute atomic E-state index is 0.0956. The molecule has 4 nitrogen and oxygen atoms in total. The molecule has 93 valence electrons. The van der Waals surface area contributed by atoms with Crippen molar-refractivity contribution in [3.63, 3.8) is 0 Å². The molecule has 1 aliphatic rings. The highest BCUT2D eigenvalue weighted by atomic mass is 35.5. The van der Waals surface area contributed by atoms with Gasteiger partial charge in [-0.05, 0) is 25.8 Å². The molecule has 0 N–H and O–H groups in total. The van der Waals surface area contributed by atoms with Crippen molar-refractivity contribution in [2.24, 2.45) is 7.05 Å². The van der Waals surface area contributed by atoms with Crippen LogP contribution in [0.25, 0.3) is 10.9 Å². The second kappa shape index (κ2) is 3.99. The lowest BCUT2D eigenvalue weighted by Crippen LogP contribution is -2.23. The number of halogens is 1. The van der Waals surface area contributed by atoms with Crippen LogP contribution < -0.4 is 10.3 Å². The summed E-state index contributed by atoms with van der Waals surface area (Å²) >= 11 is 6.16. The topological polar surface area (TPSA) is 44.1 Å². The first-order valence-corrected chi connectivity index (χ1v) is 6.13. The SMILES string of the molecule is [CH2][C@H]1CCc2nc(Cl)c3ccc(=O)n(C)c3c2O1. The molecule has 0 aliphatic carbocycles. The van der Waals surface area contributed by atoms with Gasteiger partial charge in [-0.2, -0.15) is 0 Å². The number of ether oxygens (including phenoxy) is 1. The Hall–Kier alpha value is -1.55. The largest absolute Gasteiger partial charge is 0.486 e. The maximum absolute atomic E-state index is 11.7. The second-order valence-electron chi connectivity index (χ2n) is 4.45. The average Bonchev–Trinajstić information content (AvgIpc) is 2.34. The van der Waals surface area contributed by atoms with E-state index in [1.807, 2.05) is 0 Å². The summed E-state index contributed by atoms with van der Waals surface area (Å²) in [5.41, 5.74) is 1.40. The van der Waals surface area contributed by atoms with E-state index in [4.69, 9.17) is 16.3 Å². The fraction of sp³-hybridized carbons (Fsp3) is 0.308. The molecular weight excluding hydrogens is 252 g/mol. The van der Waals surface area contributed by atoms with Crippen molar-refractivity contribution in [3.8, 4) is 5.75 Å². The van der Waals surface area contributed by atoms with Gasteiger partial charge in [0, 0.05) is 18.5 Å². The van der Waals surface area contributed by atoms with Crippen LogP contribution in [0.1, 0.15) is 12.1 Å². The average molecular weight is 264 g/mol. The number of hydrogen-bond donors (Lipinski definition) is 0. The van der Waals surface area contributed by atoms with E-state index in [9.17, 15) is 4.79 Å². The molecule has 5 heteroatoms. The molecule has 1 radical (unpaired) electrons. The van der Waals surface area contributed by atoms with Crippen LogP contribution in [0.5, 0.6) is 5.75 Å². The van der Waals surface area contributed by atoms with Crippen molar-refractivity contribution >= 4 is 22.5 Å². The van der Waals surface area contributed by atoms with Gasteiger partial charge in [0.05, 0.1) is 17.3 Å². The lowest BCUT2D eigenvalue weighted by Gasteiger charge is -2.24. The minimum Gasteiger partial charge on any atom is -0.486 e. The van der Waals surface area contributed by atoms with Crippen molar-refractivity contribution < 1.29 is 4.74 Å². The summed E-state index contributed by atoms with van der Waals surface area (Å²) in [4.78, 5) is 16.1. The predicted molar refractivity (Wildman–Crippen MR) is 70.1 cm³/mol.